The molecule has 2 aromatic carbocycles. The SMILES string of the molecule is O=c1[nH]c(=S)[nH]c2c1C(c1ccccc1)C1=C(N2)/C(=C/c2ccccc2)CCC1. The summed E-state index contributed by atoms with van der Waals surface area (Å²) in [7, 11) is 0. The van der Waals surface area contributed by atoms with Crippen LogP contribution in [0.15, 0.2) is 82.3 Å². The van der Waals surface area contributed by atoms with E-state index in [0.29, 0.717) is 16.2 Å². The predicted molar refractivity (Wildman–Crippen MR) is 119 cm³/mol. The summed E-state index contributed by atoms with van der Waals surface area (Å²) in [6.45, 7) is 0. The molecule has 0 bridgehead atoms. The van der Waals surface area contributed by atoms with E-state index in [0.717, 1.165) is 30.5 Å². The summed E-state index contributed by atoms with van der Waals surface area (Å²) in [4.78, 5) is 18.8. The summed E-state index contributed by atoms with van der Waals surface area (Å²) >= 11 is 5.24. The number of benzene rings is 2. The average molecular weight is 400 g/mol. The first-order chi connectivity index (χ1) is 14.2. The molecule has 1 aliphatic heterocycles. The minimum absolute atomic E-state index is 0.0856. The Balaban J connectivity index is 1.73. The van der Waals surface area contributed by atoms with Gasteiger partial charge in [-0.25, -0.2) is 0 Å². The van der Waals surface area contributed by atoms with E-state index in [1.807, 2.05) is 24.3 Å². The largest absolute Gasteiger partial charge is 0.341 e. The van der Waals surface area contributed by atoms with Gasteiger partial charge in [0.25, 0.3) is 5.56 Å². The van der Waals surface area contributed by atoms with E-state index >= 15 is 0 Å². The minimum atomic E-state index is -0.129. The molecule has 3 aromatic rings. The number of rotatable bonds is 2. The Kier molecular flexibility index (Phi) is 4.52. The minimum Gasteiger partial charge on any atom is -0.341 e. The van der Waals surface area contributed by atoms with Crippen LogP contribution in [0.25, 0.3) is 6.08 Å². The van der Waals surface area contributed by atoms with Crippen molar-refractivity contribution in [3.8, 4) is 0 Å². The highest BCUT2D eigenvalue weighted by atomic mass is 32.1. The molecule has 0 radical (unpaired) electrons. The Morgan fingerprint density at radius 1 is 0.931 bits per heavy atom. The van der Waals surface area contributed by atoms with Gasteiger partial charge in [-0.1, -0.05) is 60.7 Å². The Labute approximate surface area is 174 Å². The first-order valence-corrected chi connectivity index (χ1v) is 10.3. The maximum absolute atomic E-state index is 12.9. The van der Waals surface area contributed by atoms with Gasteiger partial charge in [0.15, 0.2) is 4.77 Å². The molecule has 0 fully saturated rings. The zero-order valence-electron chi connectivity index (χ0n) is 15.9. The molecule has 5 heteroatoms. The highest BCUT2D eigenvalue weighted by molar-refractivity contribution is 7.71. The first kappa shape index (κ1) is 17.9. The summed E-state index contributed by atoms with van der Waals surface area (Å²) in [6.07, 6.45) is 5.28. The van der Waals surface area contributed by atoms with Crippen LogP contribution in [0.1, 0.15) is 41.9 Å². The van der Waals surface area contributed by atoms with Crippen molar-refractivity contribution < 1.29 is 0 Å². The third-order valence-electron chi connectivity index (χ3n) is 5.67. The number of anilines is 1. The highest BCUT2D eigenvalue weighted by Crippen LogP contribution is 2.46. The Morgan fingerprint density at radius 3 is 2.41 bits per heavy atom. The van der Waals surface area contributed by atoms with Crippen molar-refractivity contribution >= 4 is 24.1 Å². The van der Waals surface area contributed by atoms with Crippen LogP contribution in [0.4, 0.5) is 5.82 Å². The van der Waals surface area contributed by atoms with Crippen LogP contribution in [0.2, 0.25) is 0 Å². The van der Waals surface area contributed by atoms with Gasteiger partial charge in [0, 0.05) is 11.6 Å². The number of allylic oxidation sites excluding steroid dienone is 2. The van der Waals surface area contributed by atoms with Crippen LogP contribution >= 0.6 is 12.2 Å². The van der Waals surface area contributed by atoms with Crippen LogP contribution in [0.3, 0.4) is 0 Å². The first-order valence-electron chi connectivity index (χ1n) is 9.88. The molecule has 1 atom stereocenters. The van der Waals surface area contributed by atoms with Crippen LogP contribution in [-0.4, -0.2) is 9.97 Å². The fourth-order valence-electron chi connectivity index (χ4n) is 4.45. The van der Waals surface area contributed by atoms with Crippen LogP contribution in [-0.2, 0) is 0 Å². The maximum atomic E-state index is 12.9. The molecule has 0 amide bonds. The molecule has 1 aromatic heterocycles. The molecule has 0 spiro atoms. The van der Waals surface area contributed by atoms with Gasteiger partial charge in [-0.2, -0.15) is 0 Å². The van der Waals surface area contributed by atoms with E-state index in [1.54, 1.807) is 0 Å². The fraction of sp³-hybridized carbons (Fsp3) is 0.167. The average Bonchev–Trinajstić information content (AvgIpc) is 2.74. The van der Waals surface area contributed by atoms with Crippen molar-refractivity contribution in [3.63, 3.8) is 0 Å². The quantitative estimate of drug-likeness (QED) is 0.498. The van der Waals surface area contributed by atoms with E-state index in [-0.39, 0.29) is 11.5 Å². The van der Waals surface area contributed by atoms with Gasteiger partial charge in [0.1, 0.15) is 5.82 Å². The summed E-state index contributed by atoms with van der Waals surface area (Å²) in [5.74, 6) is 0.615. The van der Waals surface area contributed by atoms with Crippen molar-refractivity contribution in [1.82, 2.24) is 9.97 Å². The summed E-state index contributed by atoms with van der Waals surface area (Å²) in [6, 6.07) is 20.6. The van der Waals surface area contributed by atoms with Gasteiger partial charge in [0.2, 0.25) is 0 Å². The molecular weight excluding hydrogens is 378 g/mol. The monoisotopic (exact) mass is 399 g/mol. The molecule has 3 N–H and O–H groups in total. The number of aromatic nitrogens is 2. The topological polar surface area (TPSA) is 60.7 Å². The van der Waals surface area contributed by atoms with E-state index < -0.39 is 0 Å². The molecule has 0 saturated heterocycles. The molecule has 1 unspecified atom stereocenters. The van der Waals surface area contributed by atoms with Gasteiger partial charge in [-0.05, 0) is 59.8 Å². The standard InChI is InChI=1S/C24H21N3OS/c28-23-20-19(16-10-5-2-6-11-16)18-13-7-12-17(14-15-8-3-1-4-9-15)21(18)25-22(20)26-24(29)27-23/h1-6,8-11,14,19H,7,12-13H2,(H3,25,26,27,28,29)/b17-14+. The highest BCUT2D eigenvalue weighted by Gasteiger charge is 2.34. The number of nitrogens with one attached hydrogen (secondary N) is 3. The maximum Gasteiger partial charge on any atom is 0.257 e. The van der Waals surface area contributed by atoms with E-state index in [2.05, 4.69) is 57.8 Å². The van der Waals surface area contributed by atoms with E-state index in [1.165, 1.54) is 16.7 Å². The second-order valence-corrected chi connectivity index (χ2v) is 7.91. The lowest BCUT2D eigenvalue weighted by Gasteiger charge is -2.35. The van der Waals surface area contributed by atoms with Crippen molar-refractivity contribution in [2.45, 2.75) is 25.2 Å². The van der Waals surface area contributed by atoms with Gasteiger partial charge in [0.05, 0.1) is 5.56 Å². The lowest BCUT2D eigenvalue weighted by atomic mass is 9.75. The van der Waals surface area contributed by atoms with Crippen LogP contribution in [0, 0.1) is 4.77 Å². The second-order valence-electron chi connectivity index (χ2n) is 7.50. The zero-order chi connectivity index (χ0) is 19.8. The summed E-state index contributed by atoms with van der Waals surface area (Å²) in [5.41, 5.74) is 6.55. The molecule has 144 valence electrons. The fourth-order valence-corrected chi connectivity index (χ4v) is 4.65. The van der Waals surface area contributed by atoms with E-state index in [9.17, 15) is 4.79 Å². The molecule has 0 saturated carbocycles. The van der Waals surface area contributed by atoms with E-state index in [4.69, 9.17) is 12.2 Å². The number of aromatic amines is 2. The number of fused-ring (bicyclic) bond motifs is 1. The Morgan fingerprint density at radius 2 is 1.66 bits per heavy atom. The van der Waals surface area contributed by atoms with Gasteiger partial charge >= 0.3 is 0 Å². The van der Waals surface area contributed by atoms with Gasteiger partial charge < -0.3 is 10.3 Å². The zero-order valence-corrected chi connectivity index (χ0v) is 16.7. The molecule has 1 aliphatic carbocycles. The van der Waals surface area contributed by atoms with Crippen LogP contribution in [0.5, 0.6) is 0 Å². The second kappa shape index (κ2) is 7.33. The molecular formula is C24H21N3OS. The number of hydrogen-bond acceptors (Lipinski definition) is 3. The third kappa shape index (κ3) is 3.28. The molecule has 5 rings (SSSR count). The summed E-state index contributed by atoms with van der Waals surface area (Å²) in [5, 5.41) is 3.52. The molecule has 2 heterocycles. The predicted octanol–water partition coefficient (Wildman–Crippen LogP) is 5.51. The third-order valence-corrected chi connectivity index (χ3v) is 5.88. The Hall–Kier alpha value is -3.18. The van der Waals surface area contributed by atoms with Crippen LogP contribution < -0.4 is 10.9 Å². The lowest BCUT2D eigenvalue weighted by molar-refractivity contribution is 0.699. The number of H-pyrrole nitrogens is 2. The van der Waals surface area contributed by atoms with Crippen molar-refractivity contribution in [2.75, 3.05) is 5.32 Å². The lowest BCUT2D eigenvalue weighted by Crippen LogP contribution is -2.30. The van der Waals surface area contributed by atoms with Gasteiger partial charge in [-0.3, -0.25) is 9.78 Å². The molecule has 4 nitrogen and oxygen atoms in total. The van der Waals surface area contributed by atoms with Crippen molar-refractivity contribution in [1.29, 1.82) is 0 Å². The van der Waals surface area contributed by atoms with Gasteiger partial charge in [-0.15, -0.1) is 0 Å². The molecule has 29 heavy (non-hydrogen) atoms. The van der Waals surface area contributed by atoms with Crippen molar-refractivity contribution in [3.05, 3.63) is 109 Å². The Bertz CT molecular complexity index is 1240. The smallest absolute Gasteiger partial charge is 0.257 e. The normalized spacial score (nSPS) is 19.4. The number of hydrogen-bond donors (Lipinski definition) is 3. The molecule has 2 aliphatic rings. The summed E-state index contributed by atoms with van der Waals surface area (Å²) < 4.78 is 0.335. The van der Waals surface area contributed by atoms with Crippen molar-refractivity contribution in [2.24, 2.45) is 0 Å².